The Labute approximate surface area is 90.8 Å². The Balaban J connectivity index is 4.79. The number of hydrogen-bond donors (Lipinski definition) is 1. The first-order valence-corrected chi connectivity index (χ1v) is 8.02. The monoisotopic (exact) mass is 229 g/mol. The van der Waals surface area contributed by atoms with Gasteiger partial charge in [-0.3, -0.25) is 0 Å². The predicted octanol–water partition coefficient (Wildman–Crippen LogP) is 2.97. The number of aliphatic hydroxyl groups excluding tert-OH is 1. The predicted molar refractivity (Wildman–Crippen MR) is 59.9 cm³/mol. The summed E-state index contributed by atoms with van der Waals surface area (Å²) in [5, 5.41) is 18.0. The SMILES string of the molecule is C=C(O[Si](C)(C)C)/C([N+]#N)=C(\O)OCC. The van der Waals surface area contributed by atoms with Crippen LogP contribution in [0.2, 0.25) is 19.6 Å². The van der Waals surface area contributed by atoms with Crippen LogP contribution in [0.4, 0.5) is 0 Å². The van der Waals surface area contributed by atoms with Gasteiger partial charge in [0.25, 0.3) is 0 Å². The molecular formula is C9H17N2O3Si+. The molecule has 0 spiro atoms. The zero-order chi connectivity index (χ0) is 12.1. The van der Waals surface area contributed by atoms with Gasteiger partial charge in [0.05, 0.1) is 6.61 Å². The molecule has 0 fully saturated rings. The van der Waals surface area contributed by atoms with Gasteiger partial charge in [-0.1, -0.05) is 0 Å². The van der Waals surface area contributed by atoms with Crippen LogP contribution in [-0.4, -0.2) is 20.0 Å². The molecule has 0 saturated carbocycles. The minimum atomic E-state index is -1.84. The van der Waals surface area contributed by atoms with Crippen molar-refractivity contribution in [1.82, 2.24) is 0 Å². The quantitative estimate of drug-likeness (QED) is 0.340. The van der Waals surface area contributed by atoms with Gasteiger partial charge in [-0.25, -0.2) is 0 Å². The smallest absolute Gasteiger partial charge is 0.503 e. The topological polar surface area (TPSA) is 66.8 Å². The van der Waals surface area contributed by atoms with Crippen molar-refractivity contribution in [3.05, 3.63) is 29.0 Å². The molecule has 0 saturated heterocycles. The standard InChI is InChI=1S/C9H16N2O3Si/c1-6-13-9(12)8(11-10)7(2)14-15(3,4)5/h2,6H2,1,3-5H3/p+1/b9-8-. The zero-order valence-electron chi connectivity index (χ0n) is 9.57. The lowest BCUT2D eigenvalue weighted by Crippen LogP contribution is -2.25. The fourth-order valence-corrected chi connectivity index (χ4v) is 1.68. The fraction of sp³-hybridized carbons (Fsp3) is 0.556. The van der Waals surface area contributed by atoms with Crippen molar-refractivity contribution in [1.29, 1.82) is 5.39 Å². The van der Waals surface area contributed by atoms with Crippen LogP contribution in [0, 0.1) is 5.39 Å². The molecule has 0 amide bonds. The molecule has 1 N–H and O–H groups in total. The third-order valence-corrected chi connectivity index (χ3v) is 2.14. The van der Waals surface area contributed by atoms with E-state index in [-0.39, 0.29) is 18.1 Å². The molecule has 6 heteroatoms. The van der Waals surface area contributed by atoms with Crippen LogP contribution in [0.15, 0.2) is 24.0 Å². The van der Waals surface area contributed by atoms with Crippen LogP contribution in [-0.2, 0) is 9.16 Å². The number of aliphatic hydroxyl groups is 1. The van der Waals surface area contributed by atoms with Gasteiger partial charge >= 0.3 is 11.6 Å². The third-order valence-electron chi connectivity index (χ3n) is 1.28. The van der Waals surface area contributed by atoms with Crippen LogP contribution in [0.3, 0.4) is 0 Å². The normalized spacial score (nSPS) is 12.5. The Kier molecular flexibility index (Phi) is 4.88. The molecule has 0 aliphatic rings. The zero-order valence-corrected chi connectivity index (χ0v) is 10.6. The highest BCUT2D eigenvalue weighted by atomic mass is 28.4. The van der Waals surface area contributed by atoms with Crippen LogP contribution in [0.1, 0.15) is 6.92 Å². The Hall–Kier alpha value is -1.48. The second-order valence-electron chi connectivity index (χ2n) is 3.82. The Bertz CT molecular complexity index is 312. The second-order valence-corrected chi connectivity index (χ2v) is 8.25. The second kappa shape index (κ2) is 5.41. The highest BCUT2D eigenvalue weighted by Gasteiger charge is 2.30. The van der Waals surface area contributed by atoms with Gasteiger partial charge in [0.2, 0.25) is 19.5 Å². The van der Waals surface area contributed by atoms with Gasteiger partial charge in [-0.15, -0.1) is 0 Å². The van der Waals surface area contributed by atoms with Crippen LogP contribution >= 0.6 is 0 Å². The molecule has 0 atom stereocenters. The Morgan fingerprint density at radius 3 is 2.33 bits per heavy atom. The average molecular weight is 229 g/mol. The summed E-state index contributed by atoms with van der Waals surface area (Å²) >= 11 is 0. The lowest BCUT2D eigenvalue weighted by atomic mass is 10.4. The molecule has 0 bridgehead atoms. The van der Waals surface area contributed by atoms with Gasteiger partial charge in [-0.2, -0.15) is 0 Å². The van der Waals surface area contributed by atoms with E-state index >= 15 is 0 Å². The molecule has 0 rings (SSSR count). The molecule has 0 radical (unpaired) electrons. The maximum atomic E-state index is 9.35. The summed E-state index contributed by atoms with van der Waals surface area (Å²) in [6.45, 7) is 11.4. The lowest BCUT2D eigenvalue weighted by Gasteiger charge is -2.17. The number of nitrogens with zero attached hydrogens (tertiary/aromatic N) is 2. The van der Waals surface area contributed by atoms with E-state index in [0.717, 1.165) is 0 Å². The van der Waals surface area contributed by atoms with Crippen LogP contribution < -0.4 is 0 Å². The maximum absolute atomic E-state index is 9.35. The first-order valence-electron chi connectivity index (χ1n) is 4.61. The van der Waals surface area contributed by atoms with E-state index in [1.165, 1.54) is 0 Å². The number of ether oxygens (including phenoxy) is 1. The molecule has 0 aliphatic carbocycles. The molecule has 0 aromatic carbocycles. The summed E-state index contributed by atoms with van der Waals surface area (Å²) < 4.78 is 10.2. The molecule has 0 heterocycles. The van der Waals surface area contributed by atoms with Gasteiger partial charge < -0.3 is 14.3 Å². The third kappa shape index (κ3) is 5.07. The summed E-state index contributed by atoms with van der Waals surface area (Å²) in [6, 6.07) is 0. The van der Waals surface area contributed by atoms with E-state index in [1.807, 2.05) is 19.6 Å². The molecule has 0 aromatic rings. The average Bonchev–Trinajstić information content (AvgIpc) is 2.02. The largest absolute Gasteiger partial charge is 0.539 e. The van der Waals surface area contributed by atoms with E-state index in [9.17, 15) is 5.11 Å². The van der Waals surface area contributed by atoms with Crippen LogP contribution in [0.25, 0.3) is 4.98 Å². The molecule has 0 aliphatic heterocycles. The van der Waals surface area contributed by atoms with Gasteiger partial charge in [0, 0.05) is 0 Å². The molecule has 5 nitrogen and oxygen atoms in total. The summed E-state index contributed by atoms with van der Waals surface area (Å²) in [5.41, 5.74) is -0.167. The summed E-state index contributed by atoms with van der Waals surface area (Å²) in [4.78, 5) is 2.89. The molecule has 84 valence electrons. The fourth-order valence-electron chi connectivity index (χ4n) is 0.841. The summed E-state index contributed by atoms with van der Waals surface area (Å²) in [7, 11) is -1.84. The summed E-state index contributed by atoms with van der Waals surface area (Å²) in [6.07, 6.45) is 0. The van der Waals surface area contributed by atoms with Crippen molar-refractivity contribution in [2.75, 3.05) is 6.61 Å². The van der Waals surface area contributed by atoms with E-state index < -0.39 is 14.3 Å². The van der Waals surface area contributed by atoms with E-state index in [0.29, 0.717) is 0 Å². The first-order chi connectivity index (χ1) is 6.81. The lowest BCUT2D eigenvalue weighted by molar-refractivity contribution is 0.0981. The Morgan fingerprint density at radius 1 is 1.47 bits per heavy atom. The minimum Gasteiger partial charge on any atom is -0.539 e. The van der Waals surface area contributed by atoms with Crippen molar-refractivity contribution in [2.45, 2.75) is 26.6 Å². The van der Waals surface area contributed by atoms with Gasteiger partial charge in [0.1, 0.15) is 0 Å². The summed E-state index contributed by atoms with van der Waals surface area (Å²) in [5.74, 6) is -0.370. The molecule has 0 aromatic heterocycles. The van der Waals surface area contributed by atoms with Crippen molar-refractivity contribution in [3.8, 4) is 0 Å². The number of rotatable bonds is 5. The van der Waals surface area contributed by atoms with Crippen molar-refractivity contribution in [2.24, 2.45) is 0 Å². The first kappa shape index (κ1) is 13.5. The van der Waals surface area contributed by atoms with E-state index in [4.69, 9.17) is 14.6 Å². The molecular weight excluding hydrogens is 212 g/mol. The van der Waals surface area contributed by atoms with Crippen molar-refractivity contribution in [3.63, 3.8) is 0 Å². The van der Waals surface area contributed by atoms with Crippen molar-refractivity contribution >= 4 is 8.32 Å². The number of diazo groups is 1. The highest BCUT2D eigenvalue weighted by Crippen LogP contribution is 2.20. The van der Waals surface area contributed by atoms with Gasteiger partial charge in [-0.05, 0) is 33.1 Å². The van der Waals surface area contributed by atoms with E-state index in [2.05, 4.69) is 11.6 Å². The Morgan fingerprint density at radius 2 is 2.00 bits per heavy atom. The maximum Gasteiger partial charge on any atom is 0.503 e. The van der Waals surface area contributed by atoms with E-state index in [1.54, 1.807) is 6.92 Å². The van der Waals surface area contributed by atoms with Crippen LogP contribution in [0.5, 0.6) is 0 Å². The molecule has 0 unspecified atom stereocenters. The number of hydrogen-bond acceptors (Lipinski definition) is 4. The minimum absolute atomic E-state index is 0.114. The highest BCUT2D eigenvalue weighted by molar-refractivity contribution is 6.70. The molecule has 15 heavy (non-hydrogen) atoms. The van der Waals surface area contributed by atoms with Crippen molar-refractivity contribution < 1.29 is 14.3 Å². The van der Waals surface area contributed by atoms with Gasteiger partial charge in [0.15, 0.2) is 4.98 Å².